The molecule has 0 aromatic heterocycles. The zero-order chi connectivity index (χ0) is 10.8. The fraction of sp³-hybridized carbons (Fsp3) is 0.364. The van der Waals surface area contributed by atoms with E-state index in [0.717, 1.165) is 0 Å². The van der Waals surface area contributed by atoms with Crippen LogP contribution >= 0.6 is 0 Å². The van der Waals surface area contributed by atoms with Crippen molar-refractivity contribution in [1.29, 1.82) is 0 Å². The second-order valence-electron chi connectivity index (χ2n) is 3.66. The van der Waals surface area contributed by atoms with Crippen LogP contribution in [0.15, 0.2) is 30.3 Å². The van der Waals surface area contributed by atoms with E-state index in [-0.39, 0.29) is 5.78 Å². The quantitative estimate of drug-likeness (QED) is 0.715. The summed E-state index contributed by atoms with van der Waals surface area (Å²) in [6.45, 7) is 3.41. The third-order valence-corrected chi connectivity index (χ3v) is 3.92. The van der Waals surface area contributed by atoms with E-state index in [1.165, 1.54) is 0 Å². The maximum absolute atomic E-state index is 11.9. The molecule has 76 valence electrons. The lowest BCUT2D eigenvalue weighted by atomic mass is 10.0. The maximum Gasteiger partial charge on any atom is 0.180 e. The molecule has 1 aromatic rings. The first-order valence-electron chi connectivity index (χ1n) is 4.39. The molecule has 0 fully saturated rings. The Kier molecular flexibility index (Phi) is 3.21. The van der Waals surface area contributed by atoms with Gasteiger partial charge in [0.1, 0.15) is 4.75 Å². The van der Waals surface area contributed by atoms with Gasteiger partial charge < -0.3 is 0 Å². The van der Waals surface area contributed by atoms with E-state index in [1.54, 1.807) is 32.2 Å². The number of ketones is 1. The van der Waals surface area contributed by atoms with Gasteiger partial charge in [-0.25, -0.2) is 0 Å². The summed E-state index contributed by atoms with van der Waals surface area (Å²) < 4.78 is 10.6. The highest BCUT2D eigenvalue weighted by Gasteiger charge is 2.32. The second-order valence-corrected chi connectivity index (χ2v) is 5.59. The Morgan fingerprint density at radius 1 is 1.21 bits per heavy atom. The van der Waals surface area contributed by atoms with Crippen LogP contribution in [-0.2, 0) is 10.8 Å². The van der Waals surface area contributed by atoms with Crippen LogP contribution in [-0.4, -0.2) is 21.0 Å². The number of carbonyl (C=O) groups is 1. The standard InChI is InChI=1S/C11H14O2S/c1-11(2,14(3)13)10(12)9-7-5-4-6-8-9/h4-8H,1-3H3. The van der Waals surface area contributed by atoms with Gasteiger partial charge in [-0.05, 0) is 13.8 Å². The van der Waals surface area contributed by atoms with Crippen LogP contribution < -0.4 is 0 Å². The number of hydrogen-bond acceptors (Lipinski definition) is 2. The van der Waals surface area contributed by atoms with E-state index in [0.29, 0.717) is 5.56 Å². The molecule has 1 rings (SSSR count). The molecule has 3 heteroatoms. The minimum Gasteiger partial charge on any atom is -0.293 e. The lowest BCUT2D eigenvalue weighted by Crippen LogP contribution is -2.36. The van der Waals surface area contributed by atoms with Crippen LogP contribution in [0.2, 0.25) is 0 Å². The van der Waals surface area contributed by atoms with Gasteiger partial charge in [0.25, 0.3) is 0 Å². The van der Waals surface area contributed by atoms with Gasteiger partial charge in [0.15, 0.2) is 5.78 Å². The lowest BCUT2D eigenvalue weighted by molar-refractivity contribution is 0.0956. The van der Waals surface area contributed by atoms with E-state index >= 15 is 0 Å². The molecule has 0 saturated carbocycles. The molecule has 1 aromatic carbocycles. The van der Waals surface area contributed by atoms with Crippen LogP contribution in [0.25, 0.3) is 0 Å². The zero-order valence-corrected chi connectivity index (χ0v) is 9.43. The molecular formula is C11H14O2S. The van der Waals surface area contributed by atoms with E-state index in [4.69, 9.17) is 0 Å². The van der Waals surface area contributed by atoms with Gasteiger partial charge in [0.2, 0.25) is 0 Å². The molecule has 0 saturated heterocycles. The third kappa shape index (κ3) is 2.10. The number of hydrogen-bond donors (Lipinski definition) is 0. The smallest absolute Gasteiger partial charge is 0.180 e. The summed E-state index contributed by atoms with van der Waals surface area (Å²) in [7, 11) is -1.16. The highest BCUT2D eigenvalue weighted by molar-refractivity contribution is 7.86. The van der Waals surface area contributed by atoms with E-state index in [9.17, 15) is 9.00 Å². The molecule has 0 aliphatic heterocycles. The van der Waals surface area contributed by atoms with Crippen molar-refractivity contribution in [3.8, 4) is 0 Å². The monoisotopic (exact) mass is 210 g/mol. The summed E-state index contributed by atoms with van der Waals surface area (Å²) in [4.78, 5) is 11.9. The van der Waals surface area contributed by atoms with E-state index < -0.39 is 15.5 Å². The Balaban J connectivity index is 3.03. The van der Waals surface area contributed by atoms with Crippen LogP contribution in [0.4, 0.5) is 0 Å². The SMILES string of the molecule is CS(=O)C(C)(C)C(=O)c1ccccc1. The Hall–Kier alpha value is -0.960. The van der Waals surface area contributed by atoms with Crippen molar-refractivity contribution >= 4 is 16.6 Å². The van der Waals surface area contributed by atoms with E-state index in [2.05, 4.69) is 0 Å². The minimum atomic E-state index is -1.16. The van der Waals surface area contributed by atoms with Gasteiger partial charge >= 0.3 is 0 Å². The Bertz CT molecular complexity index is 355. The average molecular weight is 210 g/mol. The van der Waals surface area contributed by atoms with Gasteiger partial charge in [-0.3, -0.25) is 9.00 Å². The summed E-state index contributed by atoms with van der Waals surface area (Å²) in [6.07, 6.45) is 1.56. The highest BCUT2D eigenvalue weighted by Crippen LogP contribution is 2.18. The summed E-state index contributed by atoms with van der Waals surface area (Å²) in [6, 6.07) is 8.96. The van der Waals surface area contributed by atoms with Crippen LogP contribution in [0.3, 0.4) is 0 Å². The average Bonchev–Trinajstić information content (AvgIpc) is 2.17. The molecule has 0 aliphatic rings. The Labute approximate surface area is 86.8 Å². The normalized spacial score (nSPS) is 13.6. The first-order chi connectivity index (χ1) is 6.46. The van der Waals surface area contributed by atoms with Gasteiger partial charge in [-0.1, -0.05) is 30.3 Å². The van der Waals surface area contributed by atoms with Crippen molar-refractivity contribution < 1.29 is 9.00 Å². The van der Waals surface area contributed by atoms with Crippen LogP contribution in [0.5, 0.6) is 0 Å². The van der Waals surface area contributed by atoms with Crippen molar-refractivity contribution in [1.82, 2.24) is 0 Å². The zero-order valence-electron chi connectivity index (χ0n) is 8.61. The summed E-state index contributed by atoms with van der Waals surface area (Å²) in [5, 5.41) is 0. The number of Topliss-reactive ketones (excluding diaryl/α,β-unsaturated/α-hetero) is 1. The van der Waals surface area contributed by atoms with Gasteiger partial charge in [0, 0.05) is 22.6 Å². The predicted octanol–water partition coefficient (Wildman–Crippen LogP) is 2.03. The molecule has 2 nitrogen and oxygen atoms in total. The van der Waals surface area contributed by atoms with Crippen molar-refractivity contribution in [2.24, 2.45) is 0 Å². The molecule has 0 spiro atoms. The van der Waals surface area contributed by atoms with Crippen molar-refractivity contribution in [3.05, 3.63) is 35.9 Å². The molecule has 0 amide bonds. The fourth-order valence-electron chi connectivity index (χ4n) is 1.07. The molecule has 14 heavy (non-hydrogen) atoms. The Morgan fingerprint density at radius 3 is 2.14 bits per heavy atom. The molecular weight excluding hydrogens is 196 g/mol. The molecule has 0 heterocycles. The third-order valence-electron chi connectivity index (χ3n) is 2.30. The molecule has 0 aliphatic carbocycles. The van der Waals surface area contributed by atoms with Crippen LogP contribution in [0.1, 0.15) is 24.2 Å². The highest BCUT2D eigenvalue weighted by atomic mass is 32.2. The topological polar surface area (TPSA) is 34.1 Å². The minimum absolute atomic E-state index is 0.0704. The summed E-state index contributed by atoms with van der Waals surface area (Å²) >= 11 is 0. The molecule has 0 N–H and O–H groups in total. The van der Waals surface area contributed by atoms with Gasteiger partial charge in [-0.2, -0.15) is 0 Å². The maximum atomic E-state index is 11.9. The molecule has 1 atom stereocenters. The van der Waals surface area contributed by atoms with Crippen molar-refractivity contribution in [2.45, 2.75) is 18.6 Å². The fourth-order valence-corrected chi connectivity index (χ4v) is 1.45. The largest absolute Gasteiger partial charge is 0.293 e. The summed E-state index contributed by atoms with van der Waals surface area (Å²) in [5.74, 6) is -0.0704. The van der Waals surface area contributed by atoms with Crippen molar-refractivity contribution in [3.63, 3.8) is 0 Å². The molecule has 1 unspecified atom stereocenters. The first-order valence-corrected chi connectivity index (χ1v) is 5.95. The Morgan fingerprint density at radius 2 is 1.71 bits per heavy atom. The van der Waals surface area contributed by atoms with E-state index in [1.807, 2.05) is 18.2 Å². The molecule has 0 radical (unpaired) electrons. The summed E-state index contributed by atoms with van der Waals surface area (Å²) in [5.41, 5.74) is 0.618. The number of carbonyl (C=O) groups excluding carboxylic acids is 1. The van der Waals surface area contributed by atoms with Crippen LogP contribution in [0, 0.1) is 0 Å². The van der Waals surface area contributed by atoms with Gasteiger partial charge in [0.05, 0.1) is 0 Å². The number of benzene rings is 1. The lowest BCUT2D eigenvalue weighted by Gasteiger charge is -2.19. The second kappa shape index (κ2) is 4.05. The van der Waals surface area contributed by atoms with Gasteiger partial charge in [-0.15, -0.1) is 0 Å². The number of rotatable bonds is 3. The first kappa shape index (κ1) is 11.1. The van der Waals surface area contributed by atoms with Crippen molar-refractivity contribution in [2.75, 3.05) is 6.26 Å². The predicted molar refractivity (Wildman–Crippen MR) is 58.9 cm³/mol. The molecule has 0 bridgehead atoms.